The summed E-state index contributed by atoms with van der Waals surface area (Å²) in [7, 11) is 0. The van der Waals surface area contributed by atoms with Crippen molar-refractivity contribution in [1.82, 2.24) is 4.90 Å². The zero-order valence-corrected chi connectivity index (χ0v) is 15.3. The van der Waals surface area contributed by atoms with Gasteiger partial charge in [-0.3, -0.25) is 14.9 Å². The fraction of sp³-hybridized carbons (Fsp3) is 0.350. The van der Waals surface area contributed by atoms with E-state index in [0.717, 1.165) is 29.5 Å². The lowest BCUT2D eigenvalue weighted by Gasteiger charge is -2.32. The summed E-state index contributed by atoms with van der Waals surface area (Å²) in [6.45, 7) is 4.89. The summed E-state index contributed by atoms with van der Waals surface area (Å²) >= 11 is 0. The summed E-state index contributed by atoms with van der Waals surface area (Å²) in [5.74, 6) is -0.479. The van der Waals surface area contributed by atoms with Gasteiger partial charge in [0.05, 0.1) is 10.5 Å². The minimum absolute atomic E-state index is 0.0221. The number of nitrogens with zero attached hydrogens (tertiary/aromatic N) is 2. The van der Waals surface area contributed by atoms with Crippen molar-refractivity contribution in [1.29, 1.82) is 0 Å². The first-order chi connectivity index (χ1) is 12.8. The second-order valence-electron chi connectivity index (χ2n) is 6.78. The average Bonchev–Trinajstić information content (AvgIpc) is 2.65. The highest BCUT2D eigenvalue weighted by atomic mass is 19.1. The van der Waals surface area contributed by atoms with Crippen molar-refractivity contribution >= 4 is 11.6 Å². The Morgan fingerprint density at radius 3 is 2.48 bits per heavy atom. The van der Waals surface area contributed by atoms with Gasteiger partial charge in [0.2, 0.25) is 0 Å². The molecule has 0 atom stereocenters. The number of benzene rings is 2. The first kappa shape index (κ1) is 18.8. The first-order valence-electron chi connectivity index (χ1n) is 8.82. The van der Waals surface area contributed by atoms with E-state index in [0.29, 0.717) is 25.9 Å². The van der Waals surface area contributed by atoms with Gasteiger partial charge in [0.25, 0.3) is 11.6 Å². The Kier molecular flexibility index (Phi) is 5.39. The van der Waals surface area contributed by atoms with Gasteiger partial charge in [-0.05, 0) is 43.2 Å². The Bertz CT molecular complexity index is 876. The molecule has 0 aromatic heterocycles. The van der Waals surface area contributed by atoms with Crippen LogP contribution in [0.15, 0.2) is 36.4 Å². The van der Waals surface area contributed by atoms with E-state index in [-0.39, 0.29) is 17.4 Å². The van der Waals surface area contributed by atoms with Crippen molar-refractivity contribution < 1.29 is 18.8 Å². The van der Waals surface area contributed by atoms with E-state index in [1.54, 1.807) is 0 Å². The molecule has 142 valence electrons. The van der Waals surface area contributed by atoms with Gasteiger partial charge >= 0.3 is 0 Å². The normalized spacial score (nSPS) is 14.9. The van der Waals surface area contributed by atoms with Gasteiger partial charge in [-0.1, -0.05) is 6.07 Å². The summed E-state index contributed by atoms with van der Waals surface area (Å²) in [4.78, 5) is 24.3. The number of amides is 1. The van der Waals surface area contributed by atoms with Crippen LogP contribution in [-0.4, -0.2) is 34.9 Å². The number of carbonyl (C=O) groups excluding carboxylic acids is 1. The third-order valence-electron chi connectivity index (χ3n) is 4.90. The van der Waals surface area contributed by atoms with Gasteiger partial charge in [-0.25, -0.2) is 4.39 Å². The number of nitro groups is 1. The van der Waals surface area contributed by atoms with Crippen LogP contribution in [0.25, 0.3) is 0 Å². The highest BCUT2D eigenvalue weighted by Gasteiger charge is 2.27. The molecule has 0 aliphatic carbocycles. The van der Waals surface area contributed by atoms with Crippen LogP contribution in [0.4, 0.5) is 10.1 Å². The van der Waals surface area contributed by atoms with Crippen LogP contribution in [0.5, 0.6) is 5.75 Å². The molecule has 1 fully saturated rings. The van der Waals surface area contributed by atoms with E-state index >= 15 is 0 Å². The Morgan fingerprint density at radius 2 is 1.85 bits per heavy atom. The van der Waals surface area contributed by atoms with Crippen LogP contribution in [0.3, 0.4) is 0 Å². The smallest absolute Gasteiger partial charge is 0.270 e. The van der Waals surface area contributed by atoms with E-state index in [1.165, 1.54) is 10.5 Å². The Labute approximate surface area is 156 Å². The lowest BCUT2D eigenvalue weighted by molar-refractivity contribution is -0.384. The third kappa shape index (κ3) is 4.24. The summed E-state index contributed by atoms with van der Waals surface area (Å²) in [6.07, 6.45) is 1.22. The van der Waals surface area contributed by atoms with E-state index < -0.39 is 16.6 Å². The summed E-state index contributed by atoms with van der Waals surface area (Å²) in [5.41, 5.74) is 1.79. The third-order valence-corrected chi connectivity index (χ3v) is 4.90. The minimum Gasteiger partial charge on any atom is -0.490 e. The van der Waals surface area contributed by atoms with Crippen LogP contribution < -0.4 is 4.74 Å². The van der Waals surface area contributed by atoms with Crippen molar-refractivity contribution in [2.75, 3.05) is 13.1 Å². The minimum atomic E-state index is -0.751. The number of likely N-dealkylation sites (tertiary alicyclic amines) is 1. The Balaban J connectivity index is 1.63. The topological polar surface area (TPSA) is 72.7 Å². The summed E-state index contributed by atoms with van der Waals surface area (Å²) < 4.78 is 20.0. The second-order valence-corrected chi connectivity index (χ2v) is 6.78. The number of non-ortho nitro benzene ring substituents is 1. The molecule has 1 aliphatic rings. The van der Waals surface area contributed by atoms with Gasteiger partial charge in [0.1, 0.15) is 17.7 Å². The largest absolute Gasteiger partial charge is 0.490 e. The fourth-order valence-corrected chi connectivity index (χ4v) is 3.12. The van der Waals surface area contributed by atoms with Crippen molar-refractivity contribution in [3.8, 4) is 5.75 Å². The van der Waals surface area contributed by atoms with Gasteiger partial charge in [0.15, 0.2) is 0 Å². The number of hydrogen-bond acceptors (Lipinski definition) is 4. The van der Waals surface area contributed by atoms with Crippen LogP contribution in [0.1, 0.15) is 34.3 Å². The quantitative estimate of drug-likeness (QED) is 0.600. The number of hydrogen-bond donors (Lipinski definition) is 0. The van der Waals surface area contributed by atoms with Gasteiger partial charge in [-0.2, -0.15) is 0 Å². The van der Waals surface area contributed by atoms with E-state index in [2.05, 4.69) is 0 Å². The maximum atomic E-state index is 14.0. The lowest BCUT2D eigenvalue weighted by Crippen LogP contribution is -2.42. The molecule has 0 radical (unpaired) electrons. The second kappa shape index (κ2) is 7.73. The molecular formula is C20H21FN2O4. The lowest BCUT2D eigenvalue weighted by atomic mass is 10.1. The molecule has 2 aromatic rings. The SMILES string of the molecule is Cc1ccc(OC2CCN(C(=O)c3cc([N+](=O)[O-])ccc3F)CC2)cc1C. The molecule has 1 amide bonds. The molecule has 0 bridgehead atoms. The van der Waals surface area contributed by atoms with Crippen molar-refractivity contribution in [3.63, 3.8) is 0 Å². The van der Waals surface area contributed by atoms with E-state index in [9.17, 15) is 19.3 Å². The molecule has 0 unspecified atom stereocenters. The summed E-state index contributed by atoms with van der Waals surface area (Å²) in [6, 6.07) is 8.93. The number of halogens is 1. The molecule has 6 nitrogen and oxygen atoms in total. The molecule has 0 saturated carbocycles. The molecule has 3 rings (SSSR count). The maximum Gasteiger partial charge on any atom is 0.270 e. The molecule has 1 saturated heterocycles. The van der Waals surface area contributed by atoms with Crippen molar-refractivity contribution in [2.45, 2.75) is 32.8 Å². The van der Waals surface area contributed by atoms with Gasteiger partial charge < -0.3 is 9.64 Å². The van der Waals surface area contributed by atoms with E-state index in [4.69, 9.17) is 4.74 Å². The standard InChI is InChI=1S/C20H21FN2O4/c1-13-3-5-17(11-14(13)2)27-16-7-9-22(10-8-16)20(24)18-12-15(23(25)26)4-6-19(18)21/h3-6,11-12,16H,7-10H2,1-2H3. The Hall–Kier alpha value is -2.96. The van der Waals surface area contributed by atoms with Gasteiger partial charge in [-0.15, -0.1) is 0 Å². The predicted octanol–water partition coefficient (Wildman–Crippen LogP) is 4.03. The van der Waals surface area contributed by atoms with Crippen molar-refractivity contribution in [2.24, 2.45) is 0 Å². The van der Waals surface area contributed by atoms with Crippen LogP contribution in [0.2, 0.25) is 0 Å². The number of nitro benzene ring substituents is 1. The first-order valence-corrected chi connectivity index (χ1v) is 8.82. The molecule has 0 spiro atoms. The zero-order chi connectivity index (χ0) is 19.6. The predicted molar refractivity (Wildman–Crippen MR) is 98.5 cm³/mol. The maximum absolute atomic E-state index is 14.0. The molecule has 2 aromatic carbocycles. The molecule has 1 aliphatic heterocycles. The Morgan fingerprint density at radius 1 is 1.15 bits per heavy atom. The molecule has 0 N–H and O–H groups in total. The molecule has 27 heavy (non-hydrogen) atoms. The molecule has 7 heteroatoms. The number of ether oxygens (including phenoxy) is 1. The molecular weight excluding hydrogens is 351 g/mol. The highest BCUT2D eigenvalue weighted by Crippen LogP contribution is 2.24. The summed E-state index contributed by atoms with van der Waals surface area (Å²) in [5, 5.41) is 10.9. The van der Waals surface area contributed by atoms with Crippen LogP contribution in [0, 0.1) is 29.8 Å². The number of piperidine rings is 1. The van der Waals surface area contributed by atoms with Crippen LogP contribution >= 0.6 is 0 Å². The fourth-order valence-electron chi connectivity index (χ4n) is 3.12. The number of aryl methyl sites for hydroxylation is 2. The van der Waals surface area contributed by atoms with E-state index in [1.807, 2.05) is 32.0 Å². The molecule has 1 heterocycles. The van der Waals surface area contributed by atoms with Crippen molar-refractivity contribution in [3.05, 3.63) is 69.0 Å². The monoisotopic (exact) mass is 372 g/mol. The zero-order valence-electron chi connectivity index (χ0n) is 15.3. The average molecular weight is 372 g/mol. The highest BCUT2D eigenvalue weighted by molar-refractivity contribution is 5.95. The number of rotatable bonds is 4. The number of carbonyl (C=O) groups is 1. The van der Waals surface area contributed by atoms with Gasteiger partial charge in [0, 0.05) is 38.1 Å². The van der Waals surface area contributed by atoms with Crippen LogP contribution in [-0.2, 0) is 0 Å².